The van der Waals surface area contributed by atoms with E-state index in [0.29, 0.717) is 23.3 Å². The number of aromatic nitrogens is 2. The fraction of sp³-hybridized carbons (Fsp3) is 0.636. The molecule has 2 unspecified atom stereocenters. The highest BCUT2D eigenvalue weighted by molar-refractivity contribution is 5.66. The van der Waals surface area contributed by atoms with E-state index in [4.69, 9.17) is 15.2 Å². The van der Waals surface area contributed by atoms with Crippen LogP contribution in [0.2, 0.25) is 0 Å². The standard InChI is InChI=1S/C11H18N4O2/c1-7(8-3-4-17-5-8)15-10-9(12)11(16-2)14-6-13-10/h6-8H,3-5,12H2,1-2H3,(H,13,14,15). The summed E-state index contributed by atoms with van der Waals surface area (Å²) in [4.78, 5) is 8.07. The van der Waals surface area contributed by atoms with E-state index < -0.39 is 0 Å². The molecule has 0 bridgehead atoms. The molecule has 17 heavy (non-hydrogen) atoms. The van der Waals surface area contributed by atoms with Gasteiger partial charge in [-0.3, -0.25) is 0 Å². The number of nitrogen functional groups attached to an aromatic ring is 1. The highest BCUT2D eigenvalue weighted by Gasteiger charge is 2.23. The van der Waals surface area contributed by atoms with Crippen molar-refractivity contribution in [2.24, 2.45) is 5.92 Å². The number of ether oxygens (including phenoxy) is 2. The first-order valence-corrected chi connectivity index (χ1v) is 5.71. The summed E-state index contributed by atoms with van der Waals surface area (Å²) in [5, 5.41) is 3.29. The summed E-state index contributed by atoms with van der Waals surface area (Å²) in [6.45, 7) is 3.73. The van der Waals surface area contributed by atoms with Crippen molar-refractivity contribution in [1.29, 1.82) is 0 Å². The SMILES string of the molecule is COc1ncnc(NC(C)C2CCOC2)c1N. The summed E-state index contributed by atoms with van der Waals surface area (Å²) in [5.41, 5.74) is 6.34. The Labute approximate surface area is 101 Å². The van der Waals surface area contributed by atoms with Crippen LogP contribution in [-0.4, -0.2) is 36.3 Å². The van der Waals surface area contributed by atoms with Crippen molar-refractivity contribution in [1.82, 2.24) is 9.97 Å². The van der Waals surface area contributed by atoms with Gasteiger partial charge >= 0.3 is 0 Å². The smallest absolute Gasteiger partial charge is 0.242 e. The molecule has 3 N–H and O–H groups in total. The van der Waals surface area contributed by atoms with Gasteiger partial charge in [-0.15, -0.1) is 0 Å². The summed E-state index contributed by atoms with van der Waals surface area (Å²) in [6, 6.07) is 0.263. The number of hydrogen-bond donors (Lipinski definition) is 2. The zero-order chi connectivity index (χ0) is 12.3. The molecule has 0 saturated carbocycles. The van der Waals surface area contributed by atoms with Gasteiger partial charge in [0.25, 0.3) is 0 Å². The van der Waals surface area contributed by atoms with E-state index in [1.54, 1.807) is 0 Å². The van der Waals surface area contributed by atoms with Gasteiger partial charge < -0.3 is 20.5 Å². The van der Waals surface area contributed by atoms with Gasteiger partial charge in [0.05, 0.1) is 13.7 Å². The fourth-order valence-electron chi connectivity index (χ4n) is 1.94. The molecule has 0 aromatic carbocycles. The maximum absolute atomic E-state index is 5.90. The average Bonchev–Trinajstić information content (AvgIpc) is 2.85. The third-order valence-electron chi connectivity index (χ3n) is 3.08. The Kier molecular flexibility index (Phi) is 3.63. The molecule has 2 rings (SSSR count). The number of methoxy groups -OCH3 is 1. The van der Waals surface area contributed by atoms with E-state index >= 15 is 0 Å². The normalized spacial score (nSPS) is 21.2. The van der Waals surface area contributed by atoms with Gasteiger partial charge in [0.1, 0.15) is 12.0 Å². The average molecular weight is 238 g/mol. The van der Waals surface area contributed by atoms with E-state index in [2.05, 4.69) is 22.2 Å². The van der Waals surface area contributed by atoms with Crippen LogP contribution in [0.3, 0.4) is 0 Å². The molecule has 94 valence electrons. The molecule has 2 atom stereocenters. The molecule has 0 spiro atoms. The molecule has 6 nitrogen and oxygen atoms in total. The maximum Gasteiger partial charge on any atom is 0.242 e. The predicted octanol–water partition coefficient (Wildman–Crippen LogP) is 0.904. The Morgan fingerprint density at radius 3 is 3.06 bits per heavy atom. The summed E-state index contributed by atoms with van der Waals surface area (Å²) >= 11 is 0. The molecule has 1 aliphatic heterocycles. The second kappa shape index (κ2) is 5.18. The first-order chi connectivity index (χ1) is 8.22. The molecule has 1 aliphatic rings. The Balaban J connectivity index is 2.07. The van der Waals surface area contributed by atoms with Crippen molar-refractivity contribution in [2.45, 2.75) is 19.4 Å². The molecule has 6 heteroatoms. The minimum Gasteiger partial charge on any atom is -0.479 e. The fourth-order valence-corrected chi connectivity index (χ4v) is 1.94. The van der Waals surface area contributed by atoms with Crippen LogP contribution >= 0.6 is 0 Å². The number of nitrogens with zero attached hydrogens (tertiary/aromatic N) is 2. The molecular formula is C11H18N4O2. The third-order valence-corrected chi connectivity index (χ3v) is 3.08. The largest absolute Gasteiger partial charge is 0.479 e. The quantitative estimate of drug-likeness (QED) is 0.811. The summed E-state index contributed by atoms with van der Waals surface area (Å²) in [6.07, 6.45) is 2.51. The lowest BCUT2D eigenvalue weighted by Crippen LogP contribution is -2.27. The van der Waals surface area contributed by atoms with E-state index in [0.717, 1.165) is 19.6 Å². The van der Waals surface area contributed by atoms with Gasteiger partial charge in [0.15, 0.2) is 5.82 Å². The summed E-state index contributed by atoms with van der Waals surface area (Å²) in [7, 11) is 1.54. The number of nitrogens with one attached hydrogen (secondary N) is 1. The molecule has 0 amide bonds. The Bertz CT molecular complexity index is 380. The molecule has 1 aromatic rings. The van der Waals surface area contributed by atoms with E-state index in [9.17, 15) is 0 Å². The molecular weight excluding hydrogens is 220 g/mol. The monoisotopic (exact) mass is 238 g/mol. The summed E-state index contributed by atoms with van der Waals surface area (Å²) < 4.78 is 10.4. The zero-order valence-electron chi connectivity index (χ0n) is 10.1. The van der Waals surface area contributed by atoms with Crippen molar-refractivity contribution in [3.8, 4) is 5.88 Å². The van der Waals surface area contributed by atoms with Crippen LogP contribution < -0.4 is 15.8 Å². The summed E-state index contributed by atoms with van der Waals surface area (Å²) in [5.74, 6) is 1.52. The Hall–Kier alpha value is -1.56. The van der Waals surface area contributed by atoms with Crippen LogP contribution in [0.15, 0.2) is 6.33 Å². The molecule has 1 aromatic heterocycles. The van der Waals surface area contributed by atoms with Gasteiger partial charge in [0.2, 0.25) is 5.88 Å². The van der Waals surface area contributed by atoms with E-state index in [1.807, 2.05) is 0 Å². The lowest BCUT2D eigenvalue weighted by Gasteiger charge is -2.20. The van der Waals surface area contributed by atoms with Gasteiger partial charge in [-0.1, -0.05) is 0 Å². The number of hydrogen-bond acceptors (Lipinski definition) is 6. The molecule has 1 saturated heterocycles. The van der Waals surface area contributed by atoms with Gasteiger partial charge in [0, 0.05) is 18.6 Å². The molecule has 0 aliphatic carbocycles. The first kappa shape index (κ1) is 11.9. The van der Waals surface area contributed by atoms with Gasteiger partial charge in [-0.05, 0) is 13.3 Å². The Morgan fingerprint density at radius 2 is 2.41 bits per heavy atom. The molecule has 1 fully saturated rings. The van der Waals surface area contributed by atoms with Gasteiger partial charge in [-0.2, -0.15) is 4.98 Å². The van der Waals surface area contributed by atoms with Crippen LogP contribution in [0.25, 0.3) is 0 Å². The van der Waals surface area contributed by atoms with Crippen molar-refractivity contribution >= 4 is 11.5 Å². The van der Waals surface area contributed by atoms with Crippen molar-refractivity contribution in [3.05, 3.63) is 6.33 Å². The highest BCUT2D eigenvalue weighted by Crippen LogP contribution is 2.26. The van der Waals surface area contributed by atoms with Gasteiger partial charge in [-0.25, -0.2) is 4.98 Å². The van der Waals surface area contributed by atoms with Crippen LogP contribution in [0.5, 0.6) is 5.88 Å². The number of nitrogens with two attached hydrogens (primary N) is 1. The highest BCUT2D eigenvalue weighted by atomic mass is 16.5. The maximum atomic E-state index is 5.90. The van der Waals surface area contributed by atoms with Crippen molar-refractivity contribution < 1.29 is 9.47 Å². The lowest BCUT2D eigenvalue weighted by atomic mass is 10.0. The Morgan fingerprint density at radius 1 is 1.59 bits per heavy atom. The second-order valence-corrected chi connectivity index (χ2v) is 4.20. The minimum atomic E-state index is 0.263. The topological polar surface area (TPSA) is 82.3 Å². The van der Waals surface area contributed by atoms with E-state index in [-0.39, 0.29) is 6.04 Å². The number of rotatable bonds is 4. The molecule has 0 radical (unpaired) electrons. The third kappa shape index (κ3) is 2.58. The van der Waals surface area contributed by atoms with Crippen LogP contribution in [0.4, 0.5) is 11.5 Å². The minimum absolute atomic E-state index is 0.263. The van der Waals surface area contributed by atoms with Crippen LogP contribution in [0, 0.1) is 5.92 Å². The van der Waals surface area contributed by atoms with Crippen molar-refractivity contribution in [2.75, 3.05) is 31.4 Å². The predicted molar refractivity (Wildman–Crippen MR) is 65.0 cm³/mol. The molecule has 2 heterocycles. The van der Waals surface area contributed by atoms with Crippen LogP contribution in [0.1, 0.15) is 13.3 Å². The van der Waals surface area contributed by atoms with E-state index in [1.165, 1.54) is 13.4 Å². The van der Waals surface area contributed by atoms with Crippen LogP contribution in [-0.2, 0) is 4.74 Å². The lowest BCUT2D eigenvalue weighted by molar-refractivity contribution is 0.183. The number of anilines is 2. The second-order valence-electron chi connectivity index (χ2n) is 4.20. The van der Waals surface area contributed by atoms with Crippen molar-refractivity contribution in [3.63, 3.8) is 0 Å². The first-order valence-electron chi connectivity index (χ1n) is 5.71. The zero-order valence-corrected chi connectivity index (χ0v) is 10.1.